The van der Waals surface area contributed by atoms with Crippen molar-refractivity contribution in [2.45, 2.75) is 52.1 Å². The van der Waals surface area contributed by atoms with E-state index < -0.39 is 23.6 Å². The van der Waals surface area contributed by atoms with Crippen LogP contribution in [-0.2, 0) is 21.2 Å². The van der Waals surface area contributed by atoms with Crippen molar-refractivity contribution in [2.24, 2.45) is 0 Å². The summed E-state index contributed by atoms with van der Waals surface area (Å²) >= 11 is 0. The third kappa shape index (κ3) is 7.62. The van der Waals surface area contributed by atoms with E-state index in [1.807, 2.05) is 24.3 Å². The van der Waals surface area contributed by atoms with Crippen molar-refractivity contribution in [3.63, 3.8) is 0 Å². The van der Waals surface area contributed by atoms with Gasteiger partial charge in [-0.2, -0.15) is 13.2 Å². The van der Waals surface area contributed by atoms with E-state index in [9.17, 15) is 22.8 Å². The van der Waals surface area contributed by atoms with Crippen LogP contribution in [0.3, 0.4) is 0 Å². The third-order valence-corrected chi connectivity index (χ3v) is 4.46. The number of alkyl halides is 3. The summed E-state index contributed by atoms with van der Waals surface area (Å²) in [6, 6.07) is 10.9. The maximum Gasteiger partial charge on any atom is 0.418 e. The van der Waals surface area contributed by atoms with Crippen molar-refractivity contribution >= 4 is 23.2 Å². The molecule has 2 amide bonds. The van der Waals surface area contributed by atoms with Crippen molar-refractivity contribution in [3.8, 4) is 5.75 Å². The van der Waals surface area contributed by atoms with Crippen LogP contribution in [0.15, 0.2) is 42.5 Å². The predicted octanol–water partition coefficient (Wildman–Crippen LogP) is 5.76. The van der Waals surface area contributed by atoms with Gasteiger partial charge in [0.05, 0.1) is 17.9 Å². The van der Waals surface area contributed by atoms with Gasteiger partial charge in [-0.1, -0.05) is 32.9 Å². The topological polar surface area (TPSA) is 67.4 Å². The standard InChI is InChI=1S/C23H27F3N2O3/c1-15(29)27-17-9-12-20(19(14-17)23(24,25)26)28-21(30)6-5-13-31-18-10-7-16(8-11-18)22(2,3)4/h7-12,14H,5-6,13H2,1-4H3,(H,27,29)(H,28,30). The molecule has 0 aliphatic rings. The molecule has 2 aromatic rings. The van der Waals surface area contributed by atoms with Crippen LogP contribution in [0.25, 0.3) is 0 Å². The highest BCUT2D eigenvalue weighted by Crippen LogP contribution is 2.36. The van der Waals surface area contributed by atoms with Crippen LogP contribution in [0.5, 0.6) is 5.75 Å². The Balaban J connectivity index is 1.90. The van der Waals surface area contributed by atoms with Gasteiger partial charge < -0.3 is 15.4 Å². The van der Waals surface area contributed by atoms with E-state index in [0.29, 0.717) is 12.2 Å². The van der Waals surface area contributed by atoms with Gasteiger partial charge in [0.1, 0.15) is 5.75 Å². The lowest BCUT2D eigenvalue weighted by Gasteiger charge is -2.19. The quantitative estimate of drug-likeness (QED) is 0.543. The Bertz CT molecular complexity index is 917. The Morgan fingerprint density at radius 3 is 2.16 bits per heavy atom. The van der Waals surface area contributed by atoms with Gasteiger partial charge >= 0.3 is 6.18 Å². The molecular formula is C23H27F3N2O3. The number of hydrogen-bond acceptors (Lipinski definition) is 3. The van der Waals surface area contributed by atoms with Crippen LogP contribution in [0.2, 0.25) is 0 Å². The maximum atomic E-state index is 13.3. The predicted molar refractivity (Wildman–Crippen MR) is 114 cm³/mol. The summed E-state index contributed by atoms with van der Waals surface area (Å²) in [7, 11) is 0. The molecular weight excluding hydrogens is 409 g/mol. The van der Waals surface area contributed by atoms with Crippen LogP contribution in [0.4, 0.5) is 24.5 Å². The molecule has 8 heteroatoms. The van der Waals surface area contributed by atoms with E-state index in [1.54, 1.807) is 0 Å². The number of rotatable bonds is 7. The van der Waals surface area contributed by atoms with Gasteiger partial charge in [0.2, 0.25) is 11.8 Å². The fraction of sp³-hybridized carbons (Fsp3) is 0.391. The maximum absolute atomic E-state index is 13.3. The highest BCUT2D eigenvalue weighted by Gasteiger charge is 2.34. The number of nitrogens with one attached hydrogen (secondary N) is 2. The summed E-state index contributed by atoms with van der Waals surface area (Å²) in [5, 5.41) is 4.59. The zero-order chi connectivity index (χ0) is 23.2. The average Bonchev–Trinajstić information content (AvgIpc) is 2.65. The summed E-state index contributed by atoms with van der Waals surface area (Å²) in [5.41, 5.74) is -0.174. The molecule has 0 aromatic heterocycles. The van der Waals surface area contributed by atoms with Gasteiger partial charge in [0.15, 0.2) is 0 Å². The molecule has 0 aliphatic carbocycles. The van der Waals surface area contributed by atoms with Crippen molar-refractivity contribution in [1.82, 2.24) is 0 Å². The normalized spacial score (nSPS) is 11.7. The fourth-order valence-corrected chi connectivity index (χ4v) is 2.86. The summed E-state index contributed by atoms with van der Waals surface area (Å²) in [6.07, 6.45) is -4.33. The molecule has 0 unspecified atom stereocenters. The van der Waals surface area contributed by atoms with Gasteiger partial charge in [-0.25, -0.2) is 0 Å². The Kier molecular flexibility index (Phi) is 7.70. The molecule has 0 saturated heterocycles. The highest BCUT2D eigenvalue weighted by molar-refractivity contribution is 5.93. The number of ether oxygens (including phenoxy) is 1. The van der Waals surface area contributed by atoms with E-state index in [2.05, 4.69) is 31.4 Å². The third-order valence-electron chi connectivity index (χ3n) is 4.46. The van der Waals surface area contributed by atoms with Crippen LogP contribution < -0.4 is 15.4 Å². The van der Waals surface area contributed by atoms with Crippen LogP contribution in [0, 0.1) is 0 Å². The van der Waals surface area contributed by atoms with Crippen molar-refractivity contribution < 1.29 is 27.5 Å². The molecule has 2 rings (SSSR count). The lowest BCUT2D eigenvalue weighted by Crippen LogP contribution is -2.18. The second kappa shape index (κ2) is 9.85. The summed E-state index contributed by atoms with van der Waals surface area (Å²) in [6.45, 7) is 7.79. The van der Waals surface area contributed by atoms with E-state index in [1.165, 1.54) is 18.6 Å². The summed E-state index contributed by atoms with van der Waals surface area (Å²) in [4.78, 5) is 23.2. The lowest BCUT2D eigenvalue weighted by molar-refractivity contribution is -0.137. The largest absolute Gasteiger partial charge is 0.494 e. The number of carbonyl (C=O) groups excluding carboxylic acids is 2. The van der Waals surface area contributed by atoms with E-state index in [4.69, 9.17) is 4.74 Å². The second-order valence-corrected chi connectivity index (χ2v) is 8.21. The smallest absolute Gasteiger partial charge is 0.418 e. The van der Waals surface area contributed by atoms with Gasteiger partial charge in [-0.3, -0.25) is 9.59 Å². The van der Waals surface area contributed by atoms with E-state index >= 15 is 0 Å². The van der Waals surface area contributed by atoms with E-state index in [-0.39, 0.29) is 29.8 Å². The van der Waals surface area contributed by atoms with Gasteiger partial charge in [0.25, 0.3) is 0 Å². The Morgan fingerprint density at radius 2 is 1.61 bits per heavy atom. The minimum atomic E-state index is -4.68. The lowest BCUT2D eigenvalue weighted by atomic mass is 9.87. The first kappa shape index (κ1) is 24.2. The molecule has 5 nitrogen and oxygen atoms in total. The molecule has 0 aliphatic heterocycles. The van der Waals surface area contributed by atoms with Crippen molar-refractivity contribution in [1.29, 1.82) is 0 Å². The second-order valence-electron chi connectivity index (χ2n) is 8.21. The van der Waals surface area contributed by atoms with Gasteiger partial charge in [0, 0.05) is 19.0 Å². The molecule has 2 aromatic carbocycles. The first-order valence-electron chi connectivity index (χ1n) is 9.88. The first-order chi connectivity index (χ1) is 14.4. The molecule has 0 fully saturated rings. The highest BCUT2D eigenvalue weighted by atomic mass is 19.4. The Labute approximate surface area is 180 Å². The monoisotopic (exact) mass is 436 g/mol. The molecule has 2 N–H and O–H groups in total. The van der Waals surface area contributed by atoms with Crippen molar-refractivity contribution in [3.05, 3.63) is 53.6 Å². The van der Waals surface area contributed by atoms with E-state index in [0.717, 1.165) is 12.1 Å². The molecule has 0 radical (unpaired) electrons. The van der Waals surface area contributed by atoms with Gasteiger partial charge in [-0.05, 0) is 47.7 Å². The summed E-state index contributed by atoms with van der Waals surface area (Å²) in [5.74, 6) is -0.372. The van der Waals surface area contributed by atoms with Crippen LogP contribution >= 0.6 is 0 Å². The number of halogens is 3. The SMILES string of the molecule is CC(=O)Nc1ccc(NC(=O)CCCOc2ccc(C(C)(C)C)cc2)c(C(F)(F)F)c1. The molecule has 0 bridgehead atoms. The Morgan fingerprint density at radius 1 is 0.968 bits per heavy atom. The Hall–Kier alpha value is -3.03. The molecule has 31 heavy (non-hydrogen) atoms. The zero-order valence-corrected chi connectivity index (χ0v) is 18.0. The number of amides is 2. The molecule has 168 valence electrons. The number of anilines is 2. The summed E-state index contributed by atoms with van der Waals surface area (Å²) < 4.78 is 45.6. The molecule has 0 saturated carbocycles. The first-order valence-corrected chi connectivity index (χ1v) is 9.88. The van der Waals surface area contributed by atoms with Crippen molar-refractivity contribution in [2.75, 3.05) is 17.2 Å². The molecule has 0 spiro atoms. The zero-order valence-electron chi connectivity index (χ0n) is 18.0. The number of carbonyl (C=O) groups is 2. The number of benzene rings is 2. The fourth-order valence-electron chi connectivity index (χ4n) is 2.86. The minimum absolute atomic E-state index is 0.00343. The minimum Gasteiger partial charge on any atom is -0.494 e. The van der Waals surface area contributed by atoms with Gasteiger partial charge in [-0.15, -0.1) is 0 Å². The number of hydrogen-bond donors (Lipinski definition) is 2. The molecule has 0 heterocycles. The average molecular weight is 436 g/mol. The molecule has 0 atom stereocenters. The van der Waals surface area contributed by atoms with Crippen LogP contribution in [0.1, 0.15) is 51.7 Å². The van der Waals surface area contributed by atoms with Crippen LogP contribution in [-0.4, -0.2) is 18.4 Å².